The van der Waals surface area contributed by atoms with Crippen LogP contribution in [0, 0.1) is 6.92 Å². The van der Waals surface area contributed by atoms with Crippen molar-refractivity contribution >= 4 is 56.1 Å². The summed E-state index contributed by atoms with van der Waals surface area (Å²) in [5.41, 5.74) is -0.133. The Hall–Kier alpha value is -1.77. The van der Waals surface area contributed by atoms with Crippen LogP contribution in [0.2, 0.25) is 10.0 Å². The fourth-order valence-corrected chi connectivity index (χ4v) is 3.99. The van der Waals surface area contributed by atoms with Gasteiger partial charge in [0.05, 0.1) is 21.7 Å². The maximum absolute atomic E-state index is 13.4. The molecule has 0 aliphatic rings. The number of benzene rings is 2. The normalized spacial score (nSPS) is 12.0. The largest absolute Gasteiger partial charge is 0.478 e. The number of carboxylic acid groups (broad SMARTS) is 1. The van der Waals surface area contributed by atoms with Crippen molar-refractivity contribution in [2.24, 2.45) is 7.05 Å². The van der Waals surface area contributed by atoms with Crippen LogP contribution >= 0.6 is 39.1 Å². The first-order chi connectivity index (χ1) is 12.9. The second-order valence-electron chi connectivity index (χ2n) is 6.24. The topological polar surface area (TPSA) is 55.1 Å². The van der Waals surface area contributed by atoms with Gasteiger partial charge in [0.25, 0.3) is 0 Å². The number of hydrogen-bond acceptors (Lipinski definition) is 2. The molecule has 148 valence electrons. The molecule has 0 aliphatic heterocycles. The lowest BCUT2D eigenvalue weighted by molar-refractivity contribution is -0.136. The van der Waals surface area contributed by atoms with E-state index >= 15 is 0 Å². The maximum atomic E-state index is 13.4. The van der Waals surface area contributed by atoms with Gasteiger partial charge in [-0.2, -0.15) is 13.2 Å². The Balaban J connectivity index is 2.22. The van der Waals surface area contributed by atoms with Gasteiger partial charge in [-0.15, -0.1) is 0 Å². The zero-order chi connectivity index (χ0) is 21.0. The third kappa shape index (κ3) is 3.60. The molecule has 4 nitrogen and oxygen atoms in total. The molecular weight excluding hydrogens is 484 g/mol. The highest BCUT2D eigenvalue weighted by molar-refractivity contribution is 9.10. The second kappa shape index (κ2) is 7.24. The molecule has 1 heterocycles. The number of halogens is 6. The second-order valence-corrected chi connectivity index (χ2v) is 7.91. The molecule has 0 aliphatic carbocycles. The van der Waals surface area contributed by atoms with E-state index in [2.05, 4.69) is 20.9 Å². The summed E-state index contributed by atoms with van der Waals surface area (Å²) in [6.07, 6.45) is -4.61. The van der Waals surface area contributed by atoms with Gasteiger partial charge in [0.2, 0.25) is 0 Å². The Morgan fingerprint density at radius 2 is 1.89 bits per heavy atom. The van der Waals surface area contributed by atoms with Crippen molar-refractivity contribution < 1.29 is 23.1 Å². The quantitative estimate of drug-likeness (QED) is 0.466. The molecule has 3 rings (SSSR count). The molecule has 10 heteroatoms. The van der Waals surface area contributed by atoms with Crippen molar-refractivity contribution in [3.05, 3.63) is 60.8 Å². The van der Waals surface area contributed by atoms with Gasteiger partial charge in [-0.25, -0.2) is 9.78 Å². The zero-order valence-corrected chi connectivity index (χ0v) is 17.6. The number of carbonyl (C=O) groups is 1. The first-order valence-electron chi connectivity index (χ1n) is 7.84. The minimum absolute atomic E-state index is 0.0281. The summed E-state index contributed by atoms with van der Waals surface area (Å²) in [4.78, 5) is 15.6. The number of aromatic nitrogens is 2. The van der Waals surface area contributed by atoms with Crippen LogP contribution in [0.15, 0.2) is 22.7 Å². The van der Waals surface area contributed by atoms with Crippen LogP contribution in [-0.2, 0) is 19.6 Å². The van der Waals surface area contributed by atoms with Crippen LogP contribution in [0.1, 0.15) is 32.9 Å². The van der Waals surface area contributed by atoms with Crippen molar-refractivity contribution in [3.8, 4) is 0 Å². The van der Waals surface area contributed by atoms with Crippen molar-refractivity contribution in [2.45, 2.75) is 19.5 Å². The number of carboxylic acids is 1. The average Bonchev–Trinajstić information content (AvgIpc) is 2.89. The molecule has 0 spiro atoms. The molecule has 0 unspecified atom stereocenters. The summed E-state index contributed by atoms with van der Waals surface area (Å²) in [6, 6.07) is 3.85. The molecule has 0 atom stereocenters. The van der Waals surface area contributed by atoms with E-state index in [9.17, 15) is 23.1 Å². The summed E-state index contributed by atoms with van der Waals surface area (Å²) in [7, 11) is 1.58. The molecule has 0 fully saturated rings. The maximum Gasteiger partial charge on any atom is 0.418 e. The fourth-order valence-electron chi connectivity index (χ4n) is 2.98. The number of imidazole rings is 1. The Morgan fingerprint density at radius 3 is 2.46 bits per heavy atom. The Labute approximate surface area is 176 Å². The summed E-state index contributed by atoms with van der Waals surface area (Å²) in [5.74, 6) is -0.955. The average molecular weight is 496 g/mol. The highest BCUT2D eigenvalue weighted by Gasteiger charge is 2.35. The van der Waals surface area contributed by atoms with E-state index in [1.54, 1.807) is 14.0 Å². The van der Waals surface area contributed by atoms with Crippen molar-refractivity contribution in [3.63, 3.8) is 0 Å². The first kappa shape index (κ1) is 21.0. The van der Waals surface area contributed by atoms with Crippen LogP contribution in [0.5, 0.6) is 0 Å². The molecule has 0 amide bonds. The molecule has 1 aromatic heterocycles. The van der Waals surface area contributed by atoms with E-state index in [0.29, 0.717) is 11.1 Å². The van der Waals surface area contributed by atoms with Crippen molar-refractivity contribution in [2.75, 3.05) is 0 Å². The van der Waals surface area contributed by atoms with Gasteiger partial charge in [0.15, 0.2) is 0 Å². The van der Waals surface area contributed by atoms with Crippen molar-refractivity contribution in [1.82, 2.24) is 9.55 Å². The van der Waals surface area contributed by atoms with Gasteiger partial charge in [-0.1, -0.05) is 39.1 Å². The van der Waals surface area contributed by atoms with Crippen LogP contribution in [0.3, 0.4) is 0 Å². The summed E-state index contributed by atoms with van der Waals surface area (Å²) < 4.78 is 42.0. The van der Waals surface area contributed by atoms with E-state index < -0.39 is 17.7 Å². The fraction of sp³-hybridized carbons (Fsp3) is 0.222. The van der Waals surface area contributed by atoms with Gasteiger partial charge in [0.1, 0.15) is 11.3 Å². The van der Waals surface area contributed by atoms with E-state index in [1.165, 1.54) is 16.7 Å². The van der Waals surface area contributed by atoms with Gasteiger partial charge in [0, 0.05) is 23.0 Å². The van der Waals surface area contributed by atoms with Gasteiger partial charge < -0.3 is 9.67 Å². The molecule has 1 N–H and O–H groups in total. The molecule has 2 aromatic carbocycles. The number of nitrogens with zero attached hydrogens (tertiary/aromatic N) is 2. The number of aryl methyl sites for hydroxylation is 2. The monoisotopic (exact) mass is 494 g/mol. The Kier molecular flexibility index (Phi) is 5.42. The molecular formula is C18H12BrCl2F3N2O2. The number of fused-ring (bicyclic) bond motifs is 1. The molecule has 3 aromatic rings. The van der Waals surface area contributed by atoms with E-state index in [-0.39, 0.29) is 43.4 Å². The lowest BCUT2D eigenvalue weighted by atomic mass is 10.0. The third-order valence-corrected chi connectivity index (χ3v) is 5.80. The summed E-state index contributed by atoms with van der Waals surface area (Å²) in [6.45, 7) is 1.63. The molecule has 0 saturated heterocycles. The Morgan fingerprint density at radius 1 is 1.25 bits per heavy atom. The number of rotatable bonds is 3. The highest BCUT2D eigenvalue weighted by atomic mass is 79.9. The zero-order valence-electron chi connectivity index (χ0n) is 14.5. The van der Waals surface area contributed by atoms with Crippen LogP contribution < -0.4 is 0 Å². The lowest BCUT2D eigenvalue weighted by Crippen LogP contribution is -2.06. The van der Waals surface area contributed by atoms with E-state index in [4.69, 9.17) is 23.2 Å². The van der Waals surface area contributed by atoms with Gasteiger partial charge in [-0.05, 0) is 36.2 Å². The predicted molar refractivity (Wildman–Crippen MR) is 104 cm³/mol. The SMILES string of the molecule is Cc1cc(C(=O)O)c(Cl)c(Cc2nc3c(C(F)(F)F)cc(Br)cc3n2C)c1Cl. The number of hydrogen-bond donors (Lipinski definition) is 1. The lowest BCUT2D eigenvalue weighted by Gasteiger charge is -2.12. The van der Waals surface area contributed by atoms with E-state index in [0.717, 1.165) is 6.07 Å². The van der Waals surface area contributed by atoms with Gasteiger partial charge >= 0.3 is 12.1 Å². The molecule has 0 bridgehead atoms. The van der Waals surface area contributed by atoms with Crippen LogP contribution in [0.25, 0.3) is 11.0 Å². The number of alkyl halides is 3. The standard InChI is InChI=1S/C18H12BrCl2F3N2O2/c1-7-3-10(17(27)28)15(21)9(14(7)20)6-13-25-16-11(18(22,23)24)4-8(19)5-12(16)26(13)2/h3-5H,6H2,1-2H3,(H,27,28). The number of aromatic carboxylic acids is 1. The highest BCUT2D eigenvalue weighted by Crippen LogP contribution is 2.38. The van der Waals surface area contributed by atoms with Crippen LogP contribution in [-0.4, -0.2) is 20.6 Å². The predicted octanol–water partition coefficient (Wildman–Crippen LogP) is 6.26. The summed E-state index contributed by atoms with van der Waals surface area (Å²) in [5, 5.41) is 9.51. The van der Waals surface area contributed by atoms with Crippen molar-refractivity contribution in [1.29, 1.82) is 0 Å². The smallest absolute Gasteiger partial charge is 0.418 e. The Bertz CT molecular complexity index is 1130. The summed E-state index contributed by atoms with van der Waals surface area (Å²) >= 11 is 15.6. The minimum atomic E-state index is -4.58. The molecule has 28 heavy (non-hydrogen) atoms. The molecule has 0 radical (unpaired) electrons. The van der Waals surface area contributed by atoms with E-state index in [1.807, 2.05) is 0 Å². The third-order valence-electron chi connectivity index (χ3n) is 4.39. The molecule has 0 saturated carbocycles. The van der Waals surface area contributed by atoms with Gasteiger partial charge in [-0.3, -0.25) is 0 Å². The van der Waals surface area contributed by atoms with Crippen LogP contribution in [0.4, 0.5) is 13.2 Å². The first-order valence-corrected chi connectivity index (χ1v) is 9.39. The minimum Gasteiger partial charge on any atom is -0.478 e.